The van der Waals surface area contributed by atoms with Gasteiger partial charge in [0.1, 0.15) is 11.8 Å². The van der Waals surface area contributed by atoms with Gasteiger partial charge in [-0.1, -0.05) is 26.0 Å². The van der Waals surface area contributed by atoms with Crippen molar-refractivity contribution in [1.82, 2.24) is 5.32 Å². The Kier molecular flexibility index (Phi) is 7.77. The van der Waals surface area contributed by atoms with Gasteiger partial charge < -0.3 is 20.5 Å². The molecule has 0 aromatic heterocycles. The Bertz CT molecular complexity index is 845. The number of anilines is 1. The van der Waals surface area contributed by atoms with Crippen molar-refractivity contribution in [2.24, 2.45) is 5.92 Å². The van der Waals surface area contributed by atoms with Crippen LogP contribution >= 0.6 is 0 Å². The first kappa shape index (κ1) is 21.9. The lowest BCUT2D eigenvalue weighted by Crippen LogP contribution is -2.47. The predicted octanol–water partition coefficient (Wildman–Crippen LogP) is 3.11. The van der Waals surface area contributed by atoms with Crippen molar-refractivity contribution in [2.45, 2.75) is 32.7 Å². The minimum absolute atomic E-state index is 0.0541. The Labute approximate surface area is 170 Å². The summed E-state index contributed by atoms with van der Waals surface area (Å²) >= 11 is 0. The Hall–Kier alpha value is -3.35. The van der Waals surface area contributed by atoms with Crippen molar-refractivity contribution >= 4 is 23.5 Å². The monoisotopic (exact) mass is 398 g/mol. The zero-order valence-corrected chi connectivity index (χ0v) is 16.8. The number of aliphatic carboxylic acids is 1. The molecular formula is C22H26N2O5. The maximum absolute atomic E-state index is 12.7. The van der Waals surface area contributed by atoms with Crippen molar-refractivity contribution < 1.29 is 24.2 Å². The van der Waals surface area contributed by atoms with Crippen LogP contribution in [-0.2, 0) is 16.0 Å². The van der Waals surface area contributed by atoms with E-state index in [1.165, 1.54) is 0 Å². The van der Waals surface area contributed by atoms with Gasteiger partial charge in [0, 0.05) is 17.7 Å². The molecule has 2 aromatic rings. The molecule has 0 bridgehead atoms. The van der Waals surface area contributed by atoms with Gasteiger partial charge in [0.15, 0.2) is 0 Å². The number of amides is 2. The van der Waals surface area contributed by atoms with Gasteiger partial charge in [0.2, 0.25) is 5.91 Å². The smallest absolute Gasteiger partial charge is 0.303 e. The molecule has 0 aliphatic carbocycles. The molecule has 0 aliphatic rings. The van der Waals surface area contributed by atoms with Gasteiger partial charge >= 0.3 is 5.97 Å². The lowest BCUT2D eigenvalue weighted by molar-refractivity contribution is -0.137. The minimum Gasteiger partial charge on any atom is -0.497 e. The number of ether oxygens (including phenoxy) is 1. The predicted molar refractivity (Wildman–Crippen MR) is 110 cm³/mol. The molecule has 29 heavy (non-hydrogen) atoms. The van der Waals surface area contributed by atoms with Crippen molar-refractivity contribution in [3.05, 3.63) is 59.7 Å². The van der Waals surface area contributed by atoms with Crippen LogP contribution < -0.4 is 15.4 Å². The van der Waals surface area contributed by atoms with E-state index in [9.17, 15) is 14.4 Å². The molecule has 2 aromatic carbocycles. The summed E-state index contributed by atoms with van der Waals surface area (Å²) in [6, 6.07) is 12.9. The summed E-state index contributed by atoms with van der Waals surface area (Å²) in [4.78, 5) is 35.9. The number of nitrogens with one attached hydrogen (secondary N) is 2. The van der Waals surface area contributed by atoms with Crippen LogP contribution in [0, 0.1) is 5.92 Å². The van der Waals surface area contributed by atoms with Crippen LogP contribution in [0.25, 0.3) is 0 Å². The number of benzene rings is 2. The molecule has 7 nitrogen and oxygen atoms in total. The molecule has 0 spiro atoms. The third-order valence-electron chi connectivity index (χ3n) is 4.44. The fraction of sp³-hybridized carbons (Fsp3) is 0.318. The topological polar surface area (TPSA) is 105 Å². The second kappa shape index (κ2) is 10.3. The Morgan fingerprint density at radius 2 is 1.62 bits per heavy atom. The van der Waals surface area contributed by atoms with Crippen molar-refractivity contribution in [1.29, 1.82) is 0 Å². The zero-order valence-electron chi connectivity index (χ0n) is 16.8. The molecule has 154 valence electrons. The lowest BCUT2D eigenvalue weighted by atomic mass is 10.0. The normalized spacial score (nSPS) is 11.6. The zero-order chi connectivity index (χ0) is 21.4. The summed E-state index contributed by atoms with van der Waals surface area (Å²) < 4.78 is 5.08. The molecule has 0 heterocycles. The van der Waals surface area contributed by atoms with E-state index in [1.54, 1.807) is 55.6 Å². The third-order valence-corrected chi connectivity index (χ3v) is 4.44. The molecule has 2 rings (SSSR count). The van der Waals surface area contributed by atoms with Gasteiger partial charge in [-0.25, -0.2) is 0 Å². The Morgan fingerprint density at radius 3 is 2.14 bits per heavy atom. The van der Waals surface area contributed by atoms with Gasteiger partial charge in [0.25, 0.3) is 5.91 Å². The Morgan fingerprint density at radius 1 is 1.00 bits per heavy atom. The number of carbonyl (C=O) groups excluding carboxylic acids is 2. The van der Waals surface area contributed by atoms with E-state index in [2.05, 4.69) is 10.6 Å². The van der Waals surface area contributed by atoms with E-state index < -0.39 is 12.0 Å². The first-order chi connectivity index (χ1) is 13.8. The summed E-state index contributed by atoms with van der Waals surface area (Å²) in [7, 11) is 1.55. The summed E-state index contributed by atoms with van der Waals surface area (Å²) in [6.07, 6.45) is 0.481. The lowest BCUT2D eigenvalue weighted by Gasteiger charge is -2.22. The molecule has 0 aliphatic heterocycles. The van der Waals surface area contributed by atoms with E-state index in [0.717, 1.165) is 5.56 Å². The molecule has 3 N–H and O–H groups in total. The van der Waals surface area contributed by atoms with Crippen molar-refractivity contribution in [2.75, 3.05) is 12.4 Å². The first-order valence-electron chi connectivity index (χ1n) is 9.36. The highest BCUT2D eigenvalue weighted by Crippen LogP contribution is 2.15. The van der Waals surface area contributed by atoms with E-state index >= 15 is 0 Å². The number of hydrogen-bond donors (Lipinski definition) is 3. The van der Waals surface area contributed by atoms with Crippen LogP contribution in [0.15, 0.2) is 48.5 Å². The molecule has 0 radical (unpaired) electrons. The fourth-order valence-corrected chi connectivity index (χ4v) is 2.73. The van der Waals surface area contributed by atoms with Gasteiger partial charge in [-0.3, -0.25) is 14.4 Å². The molecule has 1 unspecified atom stereocenters. The quantitative estimate of drug-likeness (QED) is 0.602. The second-order valence-electron chi connectivity index (χ2n) is 7.00. The molecule has 1 atom stereocenters. The van der Waals surface area contributed by atoms with Crippen LogP contribution in [0.1, 0.15) is 36.2 Å². The molecule has 7 heteroatoms. The van der Waals surface area contributed by atoms with Gasteiger partial charge in [-0.05, 0) is 54.3 Å². The number of carbonyl (C=O) groups is 3. The van der Waals surface area contributed by atoms with E-state index in [0.29, 0.717) is 23.4 Å². The molecule has 2 amide bonds. The Balaban J connectivity index is 2.01. The molecule has 0 saturated heterocycles. The fourth-order valence-electron chi connectivity index (χ4n) is 2.73. The number of hydrogen-bond acceptors (Lipinski definition) is 4. The van der Waals surface area contributed by atoms with Gasteiger partial charge in [-0.2, -0.15) is 0 Å². The molecular weight excluding hydrogens is 372 g/mol. The van der Waals surface area contributed by atoms with Crippen LogP contribution in [0.2, 0.25) is 0 Å². The van der Waals surface area contributed by atoms with Gasteiger partial charge in [-0.15, -0.1) is 0 Å². The minimum atomic E-state index is -0.852. The second-order valence-corrected chi connectivity index (χ2v) is 7.00. The number of carboxylic acids is 1. The number of aryl methyl sites for hydroxylation is 1. The van der Waals surface area contributed by atoms with Crippen LogP contribution in [0.3, 0.4) is 0 Å². The molecule has 0 fully saturated rings. The van der Waals surface area contributed by atoms with Crippen molar-refractivity contribution in [3.8, 4) is 5.75 Å². The standard InChI is InChI=1S/C22H26N2O5/c1-14(2)20(24-21(27)16-7-11-18(29-3)12-8-16)22(28)23-17-9-4-15(5-10-17)6-13-19(25)26/h4-5,7-12,14,20H,6,13H2,1-3H3,(H,23,28)(H,24,27)(H,25,26). The number of carboxylic acid groups (broad SMARTS) is 1. The average Bonchev–Trinajstić information content (AvgIpc) is 2.71. The van der Waals surface area contributed by atoms with Crippen LogP contribution in [0.4, 0.5) is 5.69 Å². The van der Waals surface area contributed by atoms with Crippen molar-refractivity contribution in [3.63, 3.8) is 0 Å². The highest BCUT2D eigenvalue weighted by Gasteiger charge is 2.24. The van der Waals surface area contributed by atoms with E-state index in [-0.39, 0.29) is 24.2 Å². The summed E-state index contributed by atoms with van der Waals surface area (Å²) in [5, 5.41) is 14.3. The molecule has 0 saturated carbocycles. The summed E-state index contributed by atoms with van der Waals surface area (Å²) in [5.74, 6) is -0.987. The maximum atomic E-state index is 12.7. The van der Waals surface area contributed by atoms with Crippen LogP contribution in [-0.4, -0.2) is 36.0 Å². The SMILES string of the molecule is COc1ccc(C(=O)NC(C(=O)Nc2ccc(CCC(=O)O)cc2)C(C)C)cc1. The summed E-state index contributed by atoms with van der Waals surface area (Å²) in [5.41, 5.74) is 1.89. The summed E-state index contributed by atoms with van der Waals surface area (Å²) in [6.45, 7) is 3.71. The third kappa shape index (κ3) is 6.64. The van der Waals surface area contributed by atoms with E-state index in [4.69, 9.17) is 9.84 Å². The van der Waals surface area contributed by atoms with E-state index in [1.807, 2.05) is 13.8 Å². The average molecular weight is 398 g/mol. The first-order valence-corrected chi connectivity index (χ1v) is 9.36. The highest BCUT2D eigenvalue weighted by atomic mass is 16.5. The number of rotatable bonds is 9. The van der Waals surface area contributed by atoms with Crippen LogP contribution in [0.5, 0.6) is 5.75 Å². The van der Waals surface area contributed by atoms with Gasteiger partial charge in [0.05, 0.1) is 7.11 Å². The maximum Gasteiger partial charge on any atom is 0.303 e. The highest BCUT2D eigenvalue weighted by molar-refractivity contribution is 6.01. The number of methoxy groups -OCH3 is 1. The largest absolute Gasteiger partial charge is 0.497 e.